The maximum Gasteiger partial charge on any atom is 0.243 e. The topological polar surface area (TPSA) is 69.7 Å². The van der Waals surface area contributed by atoms with Gasteiger partial charge >= 0.3 is 0 Å². The maximum atomic E-state index is 12.5. The summed E-state index contributed by atoms with van der Waals surface area (Å²) in [6.07, 6.45) is 1.85. The average Bonchev–Trinajstić information content (AvgIpc) is 2.79. The molecule has 7 heteroatoms. The van der Waals surface area contributed by atoms with Gasteiger partial charge in [-0.2, -0.15) is 4.31 Å². The molecule has 0 aliphatic rings. The molecule has 0 aliphatic carbocycles. The number of para-hydroxylation sites is 1. The van der Waals surface area contributed by atoms with E-state index in [-0.39, 0.29) is 5.91 Å². The van der Waals surface area contributed by atoms with Crippen molar-refractivity contribution in [3.05, 3.63) is 60.2 Å². The smallest absolute Gasteiger partial charge is 0.243 e. The van der Waals surface area contributed by atoms with Crippen LogP contribution in [0.2, 0.25) is 0 Å². The second-order valence-corrected chi connectivity index (χ2v) is 9.29. The van der Waals surface area contributed by atoms with Gasteiger partial charge in [-0.3, -0.25) is 4.79 Å². The zero-order valence-electron chi connectivity index (χ0n) is 18.9. The van der Waals surface area contributed by atoms with E-state index in [1.165, 1.54) is 9.99 Å². The number of aryl methyl sites for hydroxylation is 1. The van der Waals surface area contributed by atoms with Gasteiger partial charge in [0.15, 0.2) is 0 Å². The molecule has 1 N–H and O–H groups in total. The van der Waals surface area contributed by atoms with Crippen LogP contribution in [0.4, 0.5) is 5.69 Å². The fraction of sp³-hybridized carbons (Fsp3) is 0.458. The molecular weight excluding hydrogens is 410 g/mol. The third-order valence-electron chi connectivity index (χ3n) is 5.34. The van der Waals surface area contributed by atoms with E-state index in [9.17, 15) is 13.2 Å². The number of carbonyl (C=O) groups excluding carboxylic acids is 1. The highest BCUT2D eigenvalue weighted by Gasteiger charge is 2.21. The molecule has 0 saturated heterocycles. The van der Waals surface area contributed by atoms with Crippen LogP contribution in [0.15, 0.2) is 59.5 Å². The summed E-state index contributed by atoms with van der Waals surface area (Å²) in [7, 11) is -3.44. The zero-order valence-corrected chi connectivity index (χ0v) is 19.7. The van der Waals surface area contributed by atoms with E-state index < -0.39 is 10.0 Å². The van der Waals surface area contributed by atoms with Gasteiger partial charge in [0.1, 0.15) is 0 Å². The van der Waals surface area contributed by atoms with E-state index in [0.717, 1.165) is 25.1 Å². The molecule has 2 aromatic rings. The molecule has 0 spiro atoms. The third-order valence-corrected chi connectivity index (χ3v) is 7.40. The first kappa shape index (κ1) is 24.9. The first-order valence-electron chi connectivity index (χ1n) is 11.1. The van der Waals surface area contributed by atoms with E-state index in [1.807, 2.05) is 32.0 Å². The van der Waals surface area contributed by atoms with Crippen LogP contribution in [0.5, 0.6) is 0 Å². The van der Waals surface area contributed by atoms with E-state index in [1.54, 1.807) is 24.3 Å². The van der Waals surface area contributed by atoms with Gasteiger partial charge in [0.2, 0.25) is 15.9 Å². The Kier molecular flexibility index (Phi) is 10.0. The van der Waals surface area contributed by atoms with Crippen molar-refractivity contribution in [3.63, 3.8) is 0 Å². The Labute approximate surface area is 187 Å². The normalized spacial score (nSPS) is 11.5. The predicted molar refractivity (Wildman–Crippen MR) is 127 cm³/mol. The van der Waals surface area contributed by atoms with E-state index >= 15 is 0 Å². The number of amides is 1. The Morgan fingerprint density at radius 1 is 0.903 bits per heavy atom. The molecule has 0 radical (unpaired) electrons. The van der Waals surface area contributed by atoms with Gasteiger partial charge in [-0.1, -0.05) is 44.2 Å². The fourth-order valence-corrected chi connectivity index (χ4v) is 4.95. The molecule has 0 unspecified atom stereocenters. The van der Waals surface area contributed by atoms with Crippen molar-refractivity contribution in [2.24, 2.45) is 0 Å². The van der Waals surface area contributed by atoms with Crippen molar-refractivity contribution in [2.75, 3.05) is 37.6 Å². The van der Waals surface area contributed by atoms with Gasteiger partial charge in [0, 0.05) is 44.8 Å². The van der Waals surface area contributed by atoms with Crippen LogP contribution in [-0.2, 0) is 21.2 Å². The molecule has 31 heavy (non-hydrogen) atoms. The first-order chi connectivity index (χ1) is 14.9. The number of hydrogen-bond donors (Lipinski definition) is 1. The minimum atomic E-state index is -3.44. The molecule has 170 valence electrons. The van der Waals surface area contributed by atoms with Gasteiger partial charge in [-0.15, -0.1) is 0 Å². The van der Waals surface area contributed by atoms with Crippen molar-refractivity contribution in [2.45, 2.75) is 44.9 Å². The first-order valence-corrected chi connectivity index (χ1v) is 12.5. The summed E-state index contributed by atoms with van der Waals surface area (Å²) in [5.74, 6) is 0.0163. The average molecular weight is 446 g/mol. The SMILES string of the molecule is CCN(CCCNC(=O)CCc1ccc(S(=O)(=O)N(CC)CC)cc1)c1ccccc1. The summed E-state index contributed by atoms with van der Waals surface area (Å²) in [5.41, 5.74) is 2.15. The van der Waals surface area contributed by atoms with Crippen molar-refractivity contribution >= 4 is 21.6 Å². The van der Waals surface area contributed by atoms with Crippen LogP contribution in [0.1, 0.15) is 39.2 Å². The number of benzene rings is 2. The number of nitrogens with one attached hydrogen (secondary N) is 1. The van der Waals surface area contributed by atoms with Crippen LogP contribution in [0.25, 0.3) is 0 Å². The van der Waals surface area contributed by atoms with Crippen LogP contribution >= 0.6 is 0 Å². The van der Waals surface area contributed by atoms with E-state index in [4.69, 9.17) is 0 Å². The van der Waals surface area contributed by atoms with Gasteiger partial charge in [-0.25, -0.2) is 8.42 Å². The fourth-order valence-electron chi connectivity index (χ4n) is 3.49. The van der Waals surface area contributed by atoms with Crippen LogP contribution in [-0.4, -0.2) is 51.4 Å². The molecule has 1 amide bonds. The van der Waals surface area contributed by atoms with Crippen LogP contribution < -0.4 is 10.2 Å². The van der Waals surface area contributed by atoms with Crippen LogP contribution in [0.3, 0.4) is 0 Å². The summed E-state index contributed by atoms with van der Waals surface area (Å²) in [5, 5.41) is 2.98. The Hall–Kier alpha value is -2.38. The largest absolute Gasteiger partial charge is 0.372 e. The summed E-state index contributed by atoms with van der Waals surface area (Å²) in [6, 6.07) is 17.1. The monoisotopic (exact) mass is 445 g/mol. The predicted octanol–water partition coefficient (Wildman–Crippen LogP) is 3.68. The molecule has 0 aromatic heterocycles. The lowest BCUT2D eigenvalue weighted by Crippen LogP contribution is -2.30. The number of anilines is 1. The van der Waals surface area contributed by atoms with Crippen molar-refractivity contribution in [1.82, 2.24) is 9.62 Å². The maximum absolute atomic E-state index is 12.5. The number of nitrogens with zero attached hydrogens (tertiary/aromatic N) is 2. The second kappa shape index (κ2) is 12.5. The lowest BCUT2D eigenvalue weighted by molar-refractivity contribution is -0.121. The van der Waals surface area contributed by atoms with Crippen molar-refractivity contribution < 1.29 is 13.2 Å². The number of carbonyl (C=O) groups is 1. The number of hydrogen-bond acceptors (Lipinski definition) is 4. The molecule has 6 nitrogen and oxygen atoms in total. The number of rotatable bonds is 13. The van der Waals surface area contributed by atoms with E-state index in [2.05, 4.69) is 29.3 Å². The molecule has 0 aliphatic heterocycles. The molecule has 0 saturated carbocycles. The Bertz CT molecular complexity index is 895. The van der Waals surface area contributed by atoms with Crippen molar-refractivity contribution in [3.8, 4) is 0 Å². The van der Waals surface area contributed by atoms with Gasteiger partial charge in [0.05, 0.1) is 4.90 Å². The Morgan fingerprint density at radius 3 is 2.13 bits per heavy atom. The highest BCUT2D eigenvalue weighted by molar-refractivity contribution is 7.89. The van der Waals surface area contributed by atoms with Crippen molar-refractivity contribution in [1.29, 1.82) is 0 Å². The highest BCUT2D eigenvalue weighted by Crippen LogP contribution is 2.17. The summed E-state index contributed by atoms with van der Waals surface area (Å²) < 4.78 is 26.5. The highest BCUT2D eigenvalue weighted by atomic mass is 32.2. The lowest BCUT2D eigenvalue weighted by Gasteiger charge is -2.23. The molecular formula is C24H35N3O3S. The Morgan fingerprint density at radius 2 is 1.55 bits per heavy atom. The second-order valence-electron chi connectivity index (χ2n) is 7.35. The minimum Gasteiger partial charge on any atom is -0.372 e. The standard InChI is InChI=1S/C24H35N3O3S/c1-4-26(22-11-8-7-9-12-22)20-10-19-25-24(28)18-15-21-13-16-23(17-14-21)31(29,30)27(5-2)6-3/h7-9,11-14,16-17H,4-6,10,15,18-20H2,1-3H3,(H,25,28). The van der Waals surface area contributed by atoms with Crippen LogP contribution in [0, 0.1) is 0 Å². The summed E-state index contributed by atoms with van der Waals surface area (Å²) >= 11 is 0. The molecule has 0 atom stereocenters. The van der Waals surface area contributed by atoms with Gasteiger partial charge in [0.25, 0.3) is 0 Å². The molecule has 2 rings (SSSR count). The third kappa shape index (κ3) is 7.36. The quantitative estimate of drug-likeness (QED) is 0.478. The lowest BCUT2D eigenvalue weighted by atomic mass is 10.1. The molecule has 0 heterocycles. The zero-order chi connectivity index (χ0) is 22.7. The van der Waals surface area contributed by atoms with Gasteiger partial charge < -0.3 is 10.2 Å². The molecule has 0 bridgehead atoms. The molecule has 2 aromatic carbocycles. The van der Waals surface area contributed by atoms with Gasteiger partial charge in [-0.05, 0) is 49.6 Å². The number of sulfonamides is 1. The molecule has 0 fully saturated rings. The summed E-state index contributed by atoms with van der Waals surface area (Å²) in [6.45, 7) is 9.14. The summed E-state index contributed by atoms with van der Waals surface area (Å²) in [4.78, 5) is 14.8. The minimum absolute atomic E-state index is 0.0163. The Balaban J connectivity index is 1.75. The van der Waals surface area contributed by atoms with E-state index in [0.29, 0.717) is 37.4 Å².